The molecule has 4 nitrogen and oxygen atoms in total. The maximum atomic E-state index is 14.7. The lowest BCUT2D eigenvalue weighted by molar-refractivity contribution is 0.102. The number of nitrogens with one attached hydrogen (secondary N) is 1. The molecule has 1 fully saturated rings. The quantitative estimate of drug-likeness (QED) is 0.457. The molecular formula is C26H24FN3O. The van der Waals surface area contributed by atoms with E-state index < -0.39 is 5.82 Å². The molecule has 4 aromatic rings. The van der Waals surface area contributed by atoms with Gasteiger partial charge in [0.25, 0.3) is 5.91 Å². The Kier molecular flexibility index (Phi) is 5.16. The fraction of sp³-hybridized carbons (Fsp3) is 0.192. The van der Waals surface area contributed by atoms with Crippen molar-refractivity contribution in [2.45, 2.75) is 19.4 Å². The minimum Gasteiger partial charge on any atom is -0.370 e. The number of benzene rings is 3. The number of carbonyl (C=O) groups is 1. The smallest absolute Gasteiger partial charge is 0.257 e. The summed E-state index contributed by atoms with van der Waals surface area (Å²) >= 11 is 0. The molecule has 1 aromatic heterocycles. The molecule has 0 spiro atoms. The van der Waals surface area contributed by atoms with Crippen LogP contribution in [0, 0.1) is 5.82 Å². The monoisotopic (exact) mass is 413 g/mol. The predicted octanol–water partition coefficient (Wildman–Crippen LogP) is 5.68. The van der Waals surface area contributed by atoms with Gasteiger partial charge < -0.3 is 14.8 Å². The molecule has 0 radical (unpaired) electrons. The SMILES string of the molecule is O=C(Nc1c(F)cccc1N1CCCC1)c1cn(Cc2ccccc2)c2ccccc12. The second-order valence-electron chi connectivity index (χ2n) is 7.96. The molecule has 5 rings (SSSR count). The minimum atomic E-state index is -0.411. The van der Waals surface area contributed by atoms with E-state index in [-0.39, 0.29) is 11.6 Å². The first-order chi connectivity index (χ1) is 15.2. The fourth-order valence-electron chi connectivity index (χ4n) is 4.38. The summed E-state index contributed by atoms with van der Waals surface area (Å²) in [5.41, 5.74) is 3.68. The van der Waals surface area contributed by atoms with Gasteiger partial charge in [-0.15, -0.1) is 0 Å². The molecule has 0 unspecified atom stereocenters. The minimum absolute atomic E-state index is 0.259. The van der Waals surface area contributed by atoms with Gasteiger partial charge in [-0.25, -0.2) is 4.39 Å². The van der Waals surface area contributed by atoms with Crippen LogP contribution in [-0.2, 0) is 6.54 Å². The highest BCUT2D eigenvalue weighted by molar-refractivity contribution is 6.14. The van der Waals surface area contributed by atoms with E-state index in [0.29, 0.717) is 12.1 Å². The van der Waals surface area contributed by atoms with Crippen molar-refractivity contribution >= 4 is 28.2 Å². The van der Waals surface area contributed by atoms with E-state index in [4.69, 9.17) is 0 Å². The van der Waals surface area contributed by atoms with Crippen LogP contribution in [0.1, 0.15) is 28.8 Å². The van der Waals surface area contributed by atoms with Crippen LogP contribution >= 0.6 is 0 Å². The maximum Gasteiger partial charge on any atom is 0.257 e. The van der Waals surface area contributed by atoms with Crippen molar-refractivity contribution < 1.29 is 9.18 Å². The van der Waals surface area contributed by atoms with Crippen LogP contribution in [0.3, 0.4) is 0 Å². The van der Waals surface area contributed by atoms with Crippen LogP contribution in [0.4, 0.5) is 15.8 Å². The Morgan fingerprint density at radius 3 is 2.45 bits per heavy atom. The second kappa shape index (κ2) is 8.26. The van der Waals surface area contributed by atoms with E-state index in [1.54, 1.807) is 6.07 Å². The van der Waals surface area contributed by atoms with Crippen molar-refractivity contribution in [2.24, 2.45) is 0 Å². The number of aromatic nitrogens is 1. The highest BCUT2D eigenvalue weighted by atomic mass is 19.1. The molecule has 0 saturated carbocycles. The molecular weight excluding hydrogens is 389 g/mol. The molecule has 1 saturated heterocycles. The van der Waals surface area contributed by atoms with Gasteiger partial charge in [-0.1, -0.05) is 54.6 Å². The Labute approximate surface area is 180 Å². The molecule has 156 valence electrons. The first-order valence-electron chi connectivity index (χ1n) is 10.7. The van der Waals surface area contributed by atoms with Gasteiger partial charge >= 0.3 is 0 Å². The third kappa shape index (κ3) is 3.79. The van der Waals surface area contributed by atoms with Crippen LogP contribution in [0.5, 0.6) is 0 Å². The van der Waals surface area contributed by atoms with E-state index in [0.717, 1.165) is 48.1 Å². The first-order valence-corrected chi connectivity index (χ1v) is 10.7. The molecule has 31 heavy (non-hydrogen) atoms. The number of halogens is 1. The lowest BCUT2D eigenvalue weighted by atomic mass is 10.1. The van der Waals surface area contributed by atoms with Gasteiger partial charge in [0.15, 0.2) is 0 Å². The molecule has 3 aromatic carbocycles. The summed E-state index contributed by atoms with van der Waals surface area (Å²) in [7, 11) is 0. The van der Waals surface area contributed by atoms with Gasteiger partial charge in [0.1, 0.15) is 11.5 Å². The Morgan fingerprint density at radius 2 is 1.65 bits per heavy atom. The van der Waals surface area contributed by atoms with Crippen LogP contribution in [0.15, 0.2) is 79.0 Å². The molecule has 0 aliphatic carbocycles. The first kappa shape index (κ1) is 19.4. The van der Waals surface area contributed by atoms with Gasteiger partial charge in [0.2, 0.25) is 0 Å². The van der Waals surface area contributed by atoms with E-state index in [1.807, 2.05) is 54.7 Å². The van der Waals surface area contributed by atoms with Crippen LogP contribution in [0.25, 0.3) is 10.9 Å². The number of hydrogen-bond acceptors (Lipinski definition) is 2. The lowest BCUT2D eigenvalue weighted by Gasteiger charge is -2.22. The van der Waals surface area contributed by atoms with Gasteiger partial charge in [0.05, 0.1) is 11.3 Å². The summed E-state index contributed by atoms with van der Waals surface area (Å²) in [6.45, 7) is 2.42. The topological polar surface area (TPSA) is 37.3 Å². The number of fused-ring (bicyclic) bond motifs is 1. The maximum absolute atomic E-state index is 14.7. The summed E-state index contributed by atoms with van der Waals surface area (Å²) in [6.07, 6.45) is 4.02. The number of nitrogens with zero attached hydrogens (tertiary/aromatic N) is 2. The second-order valence-corrected chi connectivity index (χ2v) is 7.96. The zero-order valence-electron chi connectivity index (χ0n) is 17.2. The summed E-state index contributed by atoms with van der Waals surface area (Å²) in [4.78, 5) is 15.4. The standard InChI is InChI=1S/C26H24FN3O/c27-22-12-8-14-24(29-15-6-7-16-29)25(22)28-26(31)21-18-30(17-19-9-2-1-3-10-19)23-13-5-4-11-20(21)23/h1-5,8-14,18H,6-7,15-17H2,(H,28,31). The van der Waals surface area contributed by atoms with Crippen molar-refractivity contribution in [3.8, 4) is 0 Å². The number of rotatable bonds is 5. The number of para-hydroxylation sites is 2. The molecule has 5 heteroatoms. The summed E-state index contributed by atoms with van der Waals surface area (Å²) < 4.78 is 16.8. The average molecular weight is 413 g/mol. The normalized spacial score (nSPS) is 13.6. The van der Waals surface area contributed by atoms with Crippen LogP contribution in [0.2, 0.25) is 0 Å². The van der Waals surface area contributed by atoms with Crippen molar-refractivity contribution in [1.29, 1.82) is 0 Å². The molecule has 1 amide bonds. The van der Waals surface area contributed by atoms with E-state index in [9.17, 15) is 9.18 Å². The Morgan fingerprint density at radius 1 is 0.903 bits per heavy atom. The fourth-order valence-corrected chi connectivity index (χ4v) is 4.38. The zero-order valence-corrected chi connectivity index (χ0v) is 17.2. The third-order valence-corrected chi connectivity index (χ3v) is 5.91. The van der Waals surface area contributed by atoms with Crippen molar-refractivity contribution in [2.75, 3.05) is 23.3 Å². The number of amides is 1. The Hall–Kier alpha value is -3.60. The number of hydrogen-bond donors (Lipinski definition) is 1. The van der Waals surface area contributed by atoms with E-state index >= 15 is 0 Å². The largest absolute Gasteiger partial charge is 0.370 e. The van der Waals surface area contributed by atoms with Crippen LogP contribution in [-0.4, -0.2) is 23.6 Å². The van der Waals surface area contributed by atoms with Gasteiger partial charge in [0, 0.05) is 36.7 Å². The van der Waals surface area contributed by atoms with Gasteiger partial charge in [-0.3, -0.25) is 4.79 Å². The van der Waals surface area contributed by atoms with Gasteiger partial charge in [-0.05, 0) is 36.6 Å². The summed E-state index contributed by atoms with van der Waals surface area (Å²) in [5, 5.41) is 3.73. The Balaban J connectivity index is 1.50. The Bertz CT molecular complexity index is 1230. The van der Waals surface area contributed by atoms with E-state index in [1.165, 1.54) is 6.07 Å². The third-order valence-electron chi connectivity index (χ3n) is 5.91. The molecule has 0 bridgehead atoms. The van der Waals surface area contributed by atoms with Crippen molar-refractivity contribution in [3.63, 3.8) is 0 Å². The summed E-state index contributed by atoms with van der Waals surface area (Å²) in [6, 6.07) is 22.9. The van der Waals surface area contributed by atoms with Crippen molar-refractivity contribution in [1.82, 2.24) is 4.57 Å². The average Bonchev–Trinajstić information content (AvgIpc) is 3.45. The highest BCUT2D eigenvalue weighted by Crippen LogP contribution is 2.32. The van der Waals surface area contributed by atoms with E-state index in [2.05, 4.69) is 26.9 Å². The number of carbonyl (C=O) groups excluding carboxylic acids is 1. The predicted molar refractivity (Wildman–Crippen MR) is 123 cm³/mol. The highest BCUT2D eigenvalue weighted by Gasteiger charge is 2.22. The lowest BCUT2D eigenvalue weighted by Crippen LogP contribution is -2.22. The molecule has 2 heterocycles. The van der Waals surface area contributed by atoms with Gasteiger partial charge in [-0.2, -0.15) is 0 Å². The summed E-state index contributed by atoms with van der Waals surface area (Å²) in [5.74, 6) is -0.709. The zero-order chi connectivity index (χ0) is 21.2. The molecule has 1 aliphatic heterocycles. The van der Waals surface area contributed by atoms with Crippen molar-refractivity contribution in [3.05, 3.63) is 95.9 Å². The molecule has 1 N–H and O–H groups in total. The number of anilines is 2. The van der Waals surface area contributed by atoms with Crippen LogP contribution < -0.4 is 10.2 Å². The molecule has 1 aliphatic rings. The molecule has 0 atom stereocenters.